The Kier molecular flexibility index (Phi) is 10.8. The lowest BCUT2D eigenvalue weighted by atomic mass is 10.2. The van der Waals surface area contributed by atoms with Gasteiger partial charge in [0.05, 0.1) is 19.6 Å². The highest BCUT2D eigenvalue weighted by Crippen LogP contribution is 2.07. The number of esters is 1. The van der Waals surface area contributed by atoms with Crippen LogP contribution in [0.2, 0.25) is 0 Å². The Bertz CT molecular complexity index is 226. The van der Waals surface area contributed by atoms with E-state index in [0.29, 0.717) is 26.2 Å². The van der Waals surface area contributed by atoms with Crippen molar-refractivity contribution < 1.29 is 19.0 Å². The summed E-state index contributed by atoms with van der Waals surface area (Å²) in [6.45, 7) is 9.26. The number of carbonyl (C=O) groups is 1. The molecule has 0 aromatic heterocycles. The number of hydrogen-bond donors (Lipinski definition) is 1. The molecule has 0 aromatic rings. The molecule has 0 bridgehead atoms. The Morgan fingerprint density at radius 1 is 1.05 bits per heavy atom. The van der Waals surface area contributed by atoms with E-state index < -0.39 is 5.60 Å². The molecule has 1 N–H and O–H groups in total. The van der Waals surface area contributed by atoms with Crippen LogP contribution < -0.4 is 5.32 Å². The molecule has 0 radical (unpaired) electrons. The Labute approximate surface area is 117 Å². The Morgan fingerprint density at radius 3 is 2.42 bits per heavy atom. The third kappa shape index (κ3) is 15.3. The van der Waals surface area contributed by atoms with E-state index in [9.17, 15) is 4.79 Å². The second-order valence-electron chi connectivity index (χ2n) is 5.40. The van der Waals surface area contributed by atoms with Crippen LogP contribution in [0.25, 0.3) is 0 Å². The summed E-state index contributed by atoms with van der Waals surface area (Å²) >= 11 is 0. The summed E-state index contributed by atoms with van der Waals surface area (Å²) in [5, 5.41) is 3.22. The number of nitrogens with one attached hydrogen (secondary N) is 1. The van der Waals surface area contributed by atoms with Crippen LogP contribution in [0, 0.1) is 0 Å². The van der Waals surface area contributed by atoms with Crippen molar-refractivity contribution in [2.45, 2.75) is 45.6 Å². The molecule has 114 valence electrons. The van der Waals surface area contributed by atoms with Gasteiger partial charge in [0.1, 0.15) is 5.60 Å². The molecule has 0 heterocycles. The maximum absolute atomic E-state index is 11.4. The van der Waals surface area contributed by atoms with Crippen LogP contribution in [0.5, 0.6) is 0 Å². The molecule has 0 aliphatic heterocycles. The van der Waals surface area contributed by atoms with Crippen LogP contribution in [-0.4, -0.2) is 51.6 Å². The Balaban J connectivity index is 3.21. The molecule has 5 heteroatoms. The molecule has 0 aromatic carbocycles. The number of rotatable bonds is 11. The zero-order chi connectivity index (χ0) is 14.6. The van der Waals surface area contributed by atoms with Gasteiger partial charge in [0, 0.05) is 20.3 Å². The van der Waals surface area contributed by atoms with Crippen LogP contribution in [0.4, 0.5) is 0 Å². The predicted octanol–water partition coefficient (Wildman–Crippen LogP) is 1.75. The number of ether oxygens (including phenoxy) is 3. The second-order valence-corrected chi connectivity index (χ2v) is 5.40. The highest BCUT2D eigenvalue weighted by Gasteiger charge is 2.15. The average molecular weight is 275 g/mol. The van der Waals surface area contributed by atoms with Crippen LogP contribution >= 0.6 is 0 Å². The zero-order valence-corrected chi connectivity index (χ0v) is 12.8. The third-order valence-corrected chi connectivity index (χ3v) is 2.25. The average Bonchev–Trinajstić information content (AvgIpc) is 2.29. The van der Waals surface area contributed by atoms with E-state index in [1.807, 2.05) is 20.8 Å². The number of unbranched alkanes of at least 4 members (excludes halogenated alkanes) is 1. The lowest BCUT2D eigenvalue weighted by Gasteiger charge is -2.19. The molecule has 0 fully saturated rings. The van der Waals surface area contributed by atoms with Gasteiger partial charge in [-0.25, -0.2) is 0 Å². The van der Waals surface area contributed by atoms with Gasteiger partial charge in [-0.3, -0.25) is 4.79 Å². The molecular weight excluding hydrogens is 246 g/mol. The van der Waals surface area contributed by atoms with Gasteiger partial charge >= 0.3 is 5.97 Å². The molecule has 0 amide bonds. The first-order valence-electron chi connectivity index (χ1n) is 6.95. The molecule has 0 aliphatic rings. The van der Waals surface area contributed by atoms with Crippen molar-refractivity contribution in [3.05, 3.63) is 0 Å². The van der Waals surface area contributed by atoms with Gasteiger partial charge in [-0.2, -0.15) is 0 Å². The molecule has 19 heavy (non-hydrogen) atoms. The molecule has 0 saturated carbocycles. The minimum atomic E-state index is -0.392. The standard InChI is InChI=1S/C14H29NO4/c1-14(2,3)19-13(16)7-9-15-8-5-6-10-18-12-11-17-4/h15H,5-12H2,1-4H3. The summed E-state index contributed by atoms with van der Waals surface area (Å²) in [6.07, 6.45) is 2.48. The lowest BCUT2D eigenvalue weighted by molar-refractivity contribution is -0.154. The summed E-state index contributed by atoms with van der Waals surface area (Å²) < 4.78 is 15.4. The van der Waals surface area contributed by atoms with Gasteiger partial charge in [-0.1, -0.05) is 0 Å². The molecule has 0 rings (SSSR count). The van der Waals surface area contributed by atoms with Crippen molar-refractivity contribution in [3.8, 4) is 0 Å². The van der Waals surface area contributed by atoms with E-state index in [1.54, 1.807) is 7.11 Å². The van der Waals surface area contributed by atoms with Crippen molar-refractivity contribution in [2.75, 3.05) is 40.0 Å². The van der Waals surface area contributed by atoms with Crippen molar-refractivity contribution in [2.24, 2.45) is 0 Å². The normalized spacial score (nSPS) is 11.6. The van der Waals surface area contributed by atoms with Crippen LogP contribution in [0.15, 0.2) is 0 Å². The highest BCUT2D eigenvalue weighted by molar-refractivity contribution is 5.70. The van der Waals surface area contributed by atoms with Gasteiger partial charge < -0.3 is 19.5 Å². The summed E-state index contributed by atoms with van der Waals surface area (Å²) in [4.78, 5) is 11.4. The molecule has 0 unspecified atom stereocenters. The van der Waals surface area contributed by atoms with Gasteiger partial charge in [-0.05, 0) is 40.2 Å². The van der Waals surface area contributed by atoms with E-state index in [0.717, 1.165) is 26.0 Å². The van der Waals surface area contributed by atoms with Crippen molar-refractivity contribution >= 4 is 5.97 Å². The van der Waals surface area contributed by atoms with E-state index in [2.05, 4.69) is 5.32 Å². The summed E-state index contributed by atoms with van der Waals surface area (Å²) in [6, 6.07) is 0. The summed E-state index contributed by atoms with van der Waals surface area (Å²) in [5.74, 6) is -0.150. The fourth-order valence-corrected chi connectivity index (χ4v) is 1.41. The largest absolute Gasteiger partial charge is 0.460 e. The lowest BCUT2D eigenvalue weighted by Crippen LogP contribution is -2.27. The van der Waals surface area contributed by atoms with Crippen molar-refractivity contribution in [1.82, 2.24) is 5.32 Å². The fourth-order valence-electron chi connectivity index (χ4n) is 1.41. The predicted molar refractivity (Wildman–Crippen MR) is 75.3 cm³/mol. The summed E-state index contributed by atoms with van der Waals surface area (Å²) in [5.41, 5.74) is -0.392. The minimum Gasteiger partial charge on any atom is -0.460 e. The van der Waals surface area contributed by atoms with Gasteiger partial charge in [0.2, 0.25) is 0 Å². The third-order valence-electron chi connectivity index (χ3n) is 2.25. The van der Waals surface area contributed by atoms with E-state index in [-0.39, 0.29) is 5.97 Å². The number of carbonyl (C=O) groups excluding carboxylic acids is 1. The molecule has 0 saturated heterocycles. The smallest absolute Gasteiger partial charge is 0.307 e. The Morgan fingerprint density at radius 2 is 1.79 bits per heavy atom. The van der Waals surface area contributed by atoms with Crippen LogP contribution in [0.1, 0.15) is 40.0 Å². The second kappa shape index (κ2) is 11.2. The number of hydrogen-bond acceptors (Lipinski definition) is 5. The number of methoxy groups -OCH3 is 1. The molecule has 5 nitrogen and oxygen atoms in total. The fraction of sp³-hybridized carbons (Fsp3) is 0.929. The molecule has 0 atom stereocenters. The quantitative estimate of drug-likeness (QED) is 0.460. The van der Waals surface area contributed by atoms with Crippen molar-refractivity contribution in [3.63, 3.8) is 0 Å². The van der Waals surface area contributed by atoms with E-state index in [1.165, 1.54) is 0 Å². The van der Waals surface area contributed by atoms with Gasteiger partial charge in [0.25, 0.3) is 0 Å². The Hall–Kier alpha value is -0.650. The monoisotopic (exact) mass is 275 g/mol. The van der Waals surface area contributed by atoms with Gasteiger partial charge in [0.15, 0.2) is 0 Å². The van der Waals surface area contributed by atoms with Crippen LogP contribution in [-0.2, 0) is 19.0 Å². The van der Waals surface area contributed by atoms with Crippen LogP contribution in [0.3, 0.4) is 0 Å². The topological polar surface area (TPSA) is 56.8 Å². The maximum Gasteiger partial charge on any atom is 0.307 e. The highest BCUT2D eigenvalue weighted by atomic mass is 16.6. The van der Waals surface area contributed by atoms with E-state index in [4.69, 9.17) is 14.2 Å². The minimum absolute atomic E-state index is 0.150. The first-order valence-corrected chi connectivity index (χ1v) is 6.95. The zero-order valence-electron chi connectivity index (χ0n) is 12.8. The molecular formula is C14H29NO4. The molecule has 0 spiro atoms. The molecule has 0 aliphatic carbocycles. The van der Waals surface area contributed by atoms with Gasteiger partial charge in [-0.15, -0.1) is 0 Å². The summed E-state index contributed by atoms with van der Waals surface area (Å²) in [7, 11) is 1.66. The van der Waals surface area contributed by atoms with E-state index >= 15 is 0 Å². The van der Waals surface area contributed by atoms with Crippen molar-refractivity contribution in [1.29, 1.82) is 0 Å². The first kappa shape index (κ1) is 18.4. The maximum atomic E-state index is 11.4. The SMILES string of the molecule is COCCOCCCCNCCC(=O)OC(C)(C)C. The first-order chi connectivity index (χ1) is 8.95.